The predicted octanol–water partition coefficient (Wildman–Crippen LogP) is 3.88. The first kappa shape index (κ1) is 16.4. The lowest BCUT2D eigenvalue weighted by Crippen LogP contribution is -2.30. The summed E-state index contributed by atoms with van der Waals surface area (Å²) in [4.78, 5) is 14.1. The van der Waals surface area contributed by atoms with Crippen molar-refractivity contribution in [3.05, 3.63) is 58.6 Å². The molecule has 1 fully saturated rings. The molecule has 2 aromatic carbocycles. The maximum atomic E-state index is 12.3. The van der Waals surface area contributed by atoms with Crippen molar-refractivity contribution < 1.29 is 4.79 Å². The normalized spacial score (nSPS) is 15.9. The molecule has 1 aliphatic carbocycles. The van der Waals surface area contributed by atoms with Crippen molar-refractivity contribution in [2.75, 3.05) is 10.2 Å². The summed E-state index contributed by atoms with van der Waals surface area (Å²) < 4.78 is 0. The van der Waals surface area contributed by atoms with Crippen molar-refractivity contribution in [1.82, 2.24) is 5.32 Å². The van der Waals surface area contributed by atoms with Crippen LogP contribution in [0.15, 0.2) is 42.5 Å². The largest absolute Gasteiger partial charge is 0.360 e. The molecule has 0 bridgehead atoms. The molecule has 128 valence electrons. The minimum absolute atomic E-state index is 0.106. The van der Waals surface area contributed by atoms with Crippen LogP contribution >= 0.6 is 23.8 Å². The van der Waals surface area contributed by atoms with Crippen molar-refractivity contribution in [3.63, 3.8) is 0 Å². The van der Waals surface area contributed by atoms with Gasteiger partial charge in [-0.25, -0.2) is 0 Å². The first-order valence-electron chi connectivity index (χ1n) is 8.34. The number of nitrogens with one attached hydrogen (secondary N) is 2. The molecule has 2 aliphatic rings. The molecule has 0 unspecified atom stereocenters. The van der Waals surface area contributed by atoms with Crippen LogP contribution < -0.4 is 15.5 Å². The Morgan fingerprint density at radius 3 is 2.68 bits per heavy atom. The molecule has 1 saturated carbocycles. The summed E-state index contributed by atoms with van der Waals surface area (Å²) in [7, 11) is 0. The third-order valence-electron chi connectivity index (χ3n) is 4.45. The van der Waals surface area contributed by atoms with Gasteiger partial charge in [-0.15, -0.1) is 0 Å². The summed E-state index contributed by atoms with van der Waals surface area (Å²) in [5.41, 5.74) is 3.95. The van der Waals surface area contributed by atoms with Gasteiger partial charge in [-0.05, 0) is 60.5 Å². The number of thiocarbonyl (C=S) groups is 1. The van der Waals surface area contributed by atoms with Gasteiger partial charge in [0.05, 0.1) is 13.0 Å². The number of amides is 1. The van der Waals surface area contributed by atoms with E-state index in [1.54, 1.807) is 4.90 Å². The second-order valence-corrected chi connectivity index (χ2v) is 7.34. The van der Waals surface area contributed by atoms with Gasteiger partial charge in [0.1, 0.15) is 0 Å². The van der Waals surface area contributed by atoms with E-state index in [0.29, 0.717) is 29.1 Å². The highest BCUT2D eigenvalue weighted by Gasteiger charge is 2.27. The zero-order chi connectivity index (χ0) is 17.4. The van der Waals surface area contributed by atoms with Crippen LogP contribution in [-0.2, 0) is 17.8 Å². The van der Waals surface area contributed by atoms with Gasteiger partial charge in [0.25, 0.3) is 0 Å². The highest BCUT2D eigenvalue weighted by atomic mass is 35.5. The van der Waals surface area contributed by atoms with Gasteiger partial charge in [-0.3, -0.25) is 4.79 Å². The summed E-state index contributed by atoms with van der Waals surface area (Å²) in [6, 6.07) is 14.1. The van der Waals surface area contributed by atoms with Crippen molar-refractivity contribution in [2.45, 2.75) is 31.8 Å². The summed E-state index contributed by atoms with van der Waals surface area (Å²) in [5.74, 6) is 0.106. The summed E-state index contributed by atoms with van der Waals surface area (Å²) in [5, 5.41) is 7.75. The first-order chi connectivity index (χ1) is 12.1. The number of nitrogens with zero attached hydrogens (tertiary/aromatic N) is 1. The molecule has 4 nitrogen and oxygen atoms in total. The molecular formula is C19H18ClN3OS. The number of benzene rings is 2. The zero-order valence-corrected chi connectivity index (χ0v) is 15.2. The van der Waals surface area contributed by atoms with E-state index < -0.39 is 0 Å². The third kappa shape index (κ3) is 3.78. The maximum Gasteiger partial charge on any atom is 0.231 e. The molecule has 1 amide bonds. The van der Waals surface area contributed by atoms with Crippen LogP contribution in [0.1, 0.15) is 24.0 Å². The molecular weight excluding hydrogens is 354 g/mol. The summed E-state index contributed by atoms with van der Waals surface area (Å²) in [6.45, 7) is 0.539. The molecule has 2 aromatic rings. The Kier molecular flexibility index (Phi) is 4.36. The molecule has 0 spiro atoms. The Bertz CT molecular complexity index is 833. The SMILES string of the molecule is O=C1Cc2ccc(Cl)cc2N1Cc1ccc(NC(=S)NC2CC2)cc1. The summed E-state index contributed by atoms with van der Waals surface area (Å²) in [6.07, 6.45) is 2.82. The molecule has 1 aliphatic heterocycles. The van der Waals surface area contributed by atoms with Gasteiger partial charge < -0.3 is 15.5 Å². The molecule has 4 rings (SSSR count). The van der Waals surface area contributed by atoms with Crippen LogP contribution in [0, 0.1) is 0 Å². The van der Waals surface area contributed by atoms with Crippen LogP contribution in [0.4, 0.5) is 11.4 Å². The lowest BCUT2D eigenvalue weighted by molar-refractivity contribution is -0.117. The van der Waals surface area contributed by atoms with Gasteiger partial charge in [0.2, 0.25) is 5.91 Å². The van der Waals surface area contributed by atoms with Crippen molar-refractivity contribution in [3.8, 4) is 0 Å². The molecule has 6 heteroatoms. The van der Waals surface area contributed by atoms with Crippen molar-refractivity contribution in [1.29, 1.82) is 0 Å². The standard InChI is InChI=1S/C19H18ClN3OS/c20-14-4-3-13-9-18(24)23(17(13)10-14)11-12-1-5-15(6-2-12)21-19(25)22-16-7-8-16/h1-6,10,16H,7-9,11H2,(H2,21,22,25). The fourth-order valence-electron chi connectivity index (χ4n) is 2.96. The van der Waals surface area contributed by atoms with Crippen LogP contribution in [-0.4, -0.2) is 17.1 Å². The Labute approximate surface area is 157 Å². The Hall–Kier alpha value is -2.11. The number of fused-ring (bicyclic) bond motifs is 1. The Morgan fingerprint density at radius 2 is 1.96 bits per heavy atom. The average Bonchev–Trinajstić information content (AvgIpc) is 3.34. The van der Waals surface area contributed by atoms with E-state index in [0.717, 1.165) is 22.5 Å². The second-order valence-electron chi connectivity index (χ2n) is 6.50. The number of halogens is 1. The smallest absolute Gasteiger partial charge is 0.231 e. The fourth-order valence-corrected chi connectivity index (χ4v) is 3.41. The highest BCUT2D eigenvalue weighted by molar-refractivity contribution is 7.80. The second kappa shape index (κ2) is 6.65. The third-order valence-corrected chi connectivity index (χ3v) is 4.90. The van der Waals surface area contributed by atoms with Crippen LogP contribution in [0.2, 0.25) is 5.02 Å². The van der Waals surface area contributed by atoms with Crippen LogP contribution in [0.3, 0.4) is 0 Å². The van der Waals surface area contributed by atoms with Crippen molar-refractivity contribution in [2.24, 2.45) is 0 Å². The van der Waals surface area contributed by atoms with E-state index in [1.807, 2.05) is 42.5 Å². The van der Waals surface area contributed by atoms with Gasteiger partial charge in [0, 0.05) is 22.4 Å². The molecule has 1 heterocycles. The number of carbonyl (C=O) groups excluding carboxylic acids is 1. The van der Waals surface area contributed by atoms with E-state index in [4.69, 9.17) is 23.8 Å². The number of rotatable bonds is 4. The highest BCUT2D eigenvalue weighted by Crippen LogP contribution is 2.32. The van der Waals surface area contributed by atoms with E-state index in [9.17, 15) is 4.79 Å². The molecule has 25 heavy (non-hydrogen) atoms. The van der Waals surface area contributed by atoms with Crippen molar-refractivity contribution >= 4 is 46.2 Å². The monoisotopic (exact) mass is 371 g/mol. The lowest BCUT2D eigenvalue weighted by atomic mass is 10.1. The lowest BCUT2D eigenvalue weighted by Gasteiger charge is -2.18. The van der Waals surface area contributed by atoms with E-state index >= 15 is 0 Å². The maximum absolute atomic E-state index is 12.3. The van der Waals surface area contributed by atoms with E-state index in [1.165, 1.54) is 12.8 Å². The van der Waals surface area contributed by atoms with E-state index in [2.05, 4.69) is 10.6 Å². The fraction of sp³-hybridized carbons (Fsp3) is 0.263. The number of hydrogen-bond acceptors (Lipinski definition) is 2. The minimum Gasteiger partial charge on any atom is -0.360 e. The Morgan fingerprint density at radius 1 is 1.20 bits per heavy atom. The number of hydrogen-bond donors (Lipinski definition) is 2. The average molecular weight is 372 g/mol. The number of anilines is 2. The van der Waals surface area contributed by atoms with Gasteiger partial charge >= 0.3 is 0 Å². The molecule has 0 saturated heterocycles. The van der Waals surface area contributed by atoms with Gasteiger partial charge in [-0.1, -0.05) is 29.8 Å². The predicted molar refractivity (Wildman–Crippen MR) is 105 cm³/mol. The van der Waals surface area contributed by atoms with Crippen LogP contribution in [0.5, 0.6) is 0 Å². The molecule has 2 N–H and O–H groups in total. The molecule has 0 aromatic heterocycles. The minimum atomic E-state index is 0.106. The van der Waals surface area contributed by atoms with Gasteiger partial charge in [0.15, 0.2) is 5.11 Å². The van der Waals surface area contributed by atoms with Crippen LogP contribution in [0.25, 0.3) is 0 Å². The van der Waals surface area contributed by atoms with Gasteiger partial charge in [-0.2, -0.15) is 0 Å². The quantitative estimate of drug-likeness (QED) is 0.800. The molecule has 0 atom stereocenters. The zero-order valence-electron chi connectivity index (χ0n) is 13.6. The van der Waals surface area contributed by atoms with E-state index in [-0.39, 0.29) is 5.91 Å². The summed E-state index contributed by atoms with van der Waals surface area (Å²) >= 11 is 11.4. The number of carbonyl (C=O) groups is 1. The topological polar surface area (TPSA) is 44.4 Å². The molecule has 0 radical (unpaired) electrons. The first-order valence-corrected chi connectivity index (χ1v) is 9.12. The Balaban J connectivity index is 1.44.